The maximum Gasteiger partial charge on any atom is 0.249 e. The van der Waals surface area contributed by atoms with Gasteiger partial charge in [0.25, 0.3) is 0 Å². The van der Waals surface area contributed by atoms with Crippen LogP contribution in [-0.4, -0.2) is 34.5 Å². The van der Waals surface area contributed by atoms with Crippen molar-refractivity contribution >= 4 is 39.3 Å². The molecule has 0 bridgehead atoms. The van der Waals surface area contributed by atoms with Crippen molar-refractivity contribution in [3.63, 3.8) is 0 Å². The highest BCUT2D eigenvalue weighted by Crippen LogP contribution is 2.22. The zero-order valence-electron chi connectivity index (χ0n) is 20.4. The van der Waals surface area contributed by atoms with Crippen LogP contribution in [-0.2, 0) is 29.5 Å². The number of nitrogens with zero attached hydrogens (tertiary/aromatic N) is 3. The van der Waals surface area contributed by atoms with Crippen LogP contribution in [0.1, 0.15) is 11.1 Å². The molecule has 3 aromatic carbocycles. The van der Waals surface area contributed by atoms with E-state index in [4.69, 9.17) is 0 Å². The van der Waals surface area contributed by atoms with E-state index < -0.39 is 6.04 Å². The monoisotopic (exact) mass is 476 g/mol. The number of amides is 2. The molecule has 0 saturated carbocycles. The molecule has 2 amide bonds. The molecule has 5 aromatic rings. The first-order valence-electron chi connectivity index (χ1n) is 12.0. The number of carbonyl (C=O) groups excluding carboxylic acids is 2. The average molecular weight is 477 g/mol. The molecule has 1 N–H and O–H groups in total. The molecule has 0 fully saturated rings. The molecule has 6 nitrogen and oxygen atoms in total. The quantitative estimate of drug-likeness (QED) is 0.372. The second kappa shape index (κ2) is 10.0. The largest absolute Gasteiger partial charge is 0.351 e. The van der Waals surface area contributed by atoms with Gasteiger partial charge in [0, 0.05) is 43.0 Å². The number of likely N-dealkylation sites (N-methyl/N-ethyl adjacent to an activating group) is 1. The summed E-state index contributed by atoms with van der Waals surface area (Å²) in [5, 5.41) is 5.01. The van der Waals surface area contributed by atoms with Crippen molar-refractivity contribution in [1.82, 2.24) is 14.9 Å². The number of hydrogen-bond donors (Lipinski definition) is 1. The van der Waals surface area contributed by atoms with Gasteiger partial charge in [-0.05, 0) is 35.4 Å². The summed E-state index contributed by atoms with van der Waals surface area (Å²) in [4.78, 5) is 32.9. The first kappa shape index (κ1) is 23.3. The van der Waals surface area contributed by atoms with Crippen molar-refractivity contribution < 1.29 is 9.59 Å². The molecule has 36 heavy (non-hydrogen) atoms. The lowest BCUT2D eigenvalue weighted by atomic mass is 10.0. The Morgan fingerprint density at radius 2 is 1.75 bits per heavy atom. The molecule has 0 radical (unpaired) electrons. The number of rotatable bonds is 7. The zero-order valence-corrected chi connectivity index (χ0v) is 20.4. The highest BCUT2D eigenvalue weighted by Gasteiger charge is 2.26. The predicted molar refractivity (Wildman–Crippen MR) is 144 cm³/mol. The molecule has 0 spiro atoms. The summed E-state index contributed by atoms with van der Waals surface area (Å²) < 4.78 is 2.03. The normalized spacial score (nSPS) is 11.9. The number of nitrogens with one attached hydrogen (secondary N) is 1. The van der Waals surface area contributed by atoms with Crippen LogP contribution in [0.4, 0.5) is 5.69 Å². The number of pyridine rings is 1. The van der Waals surface area contributed by atoms with E-state index in [1.165, 1.54) is 0 Å². The van der Waals surface area contributed by atoms with Gasteiger partial charge in [-0.25, -0.2) is 0 Å². The van der Waals surface area contributed by atoms with E-state index >= 15 is 0 Å². The number of aryl methyl sites for hydroxylation is 1. The van der Waals surface area contributed by atoms with Gasteiger partial charge in [-0.3, -0.25) is 14.6 Å². The number of fused-ring (bicyclic) bond motifs is 2. The van der Waals surface area contributed by atoms with Crippen LogP contribution in [0.15, 0.2) is 97.3 Å². The Morgan fingerprint density at radius 1 is 0.972 bits per heavy atom. The van der Waals surface area contributed by atoms with Crippen LogP contribution in [0, 0.1) is 0 Å². The van der Waals surface area contributed by atoms with Crippen LogP contribution in [0.5, 0.6) is 0 Å². The van der Waals surface area contributed by atoms with Crippen molar-refractivity contribution in [2.75, 3.05) is 11.9 Å². The molecule has 0 aliphatic heterocycles. The zero-order chi connectivity index (χ0) is 25.1. The summed E-state index contributed by atoms with van der Waals surface area (Å²) in [6, 6.07) is 26.7. The van der Waals surface area contributed by atoms with Crippen LogP contribution in [0.25, 0.3) is 21.8 Å². The van der Waals surface area contributed by atoms with Crippen LogP contribution in [0.2, 0.25) is 0 Å². The van der Waals surface area contributed by atoms with Crippen molar-refractivity contribution in [3.05, 3.63) is 108 Å². The van der Waals surface area contributed by atoms with Crippen molar-refractivity contribution in [3.8, 4) is 0 Å². The van der Waals surface area contributed by atoms with Gasteiger partial charge in [0.05, 0.1) is 23.8 Å². The fourth-order valence-electron chi connectivity index (χ4n) is 4.59. The summed E-state index contributed by atoms with van der Waals surface area (Å²) in [6.45, 7) is 0. The van der Waals surface area contributed by atoms with Crippen LogP contribution < -0.4 is 10.2 Å². The van der Waals surface area contributed by atoms with E-state index in [2.05, 4.69) is 10.3 Å². The molecule has 180 valence electrons. The Kier molecular flexibility index (Phi) is 6.50. The standard InChI is InChI=1S/C30H28N4O2/c1-33-16-15-25-22(12-8-14-28(25)33)19-29(35)32-27(17-21-9-4-3-5-10-21)30(36)34(2)24-18-23-11-6-7-13-26(23)31-20-24/h3-16,18,20,27H,17,19H2,1-2H3,(H,32,35)/t27-/m0/s1. The van der Waals surface area contributed by atoms with Gasteiger partial charge in [-0.1, -0.05) is 60.7 Å². The SMILES string of the molecule is CN(C(=O)[C@H](Cc1ccccc1)NC(=O)Cc1cccc2c1ccn2C)c1cnc2ccccc2c1. The second-order valence-electron chi connectivity index (χ2n) is 9.05. The number of carbonyl (C=O) groups is 2. The first-order chi connectivity index (χ1) is 17.5. The molecular weight excluding hydrogens is 448 g/mol. The lowest BCUT2D eigenvalue weighted by molar-refractivity contribution is -0.127. The molecule has 2 heterocycles. The topological polar surface area (TPSA) is 67.2 Å². The molecule has 0 aliphatic rings. The Hall–Kier alpha value is -4.45. The lowest BCUT2D eigenvalue weighted by Crippen LogP contribution is -2.49. The van der Waals surface area contributed by atoms with Gasteiger partial charge >= 0.3 is 0 Å². The highest BCUT2D eigenvalue weighted by atomic mass is 16.2. The molecule has 2 aromatic heterocycles. The predicted octanol–water partition coefficient (Wildman–Crippen LogP) is 4.66. The maximum atomic E-state index is 13.7. The van der Waals surface area contributed by atoms with Gasteiger partial charge < -0.3 is 14.8 Å². The van der Waals surface area contributed by atoms with E-state index in [0.717, 1.165) is 32.9 Å². The first-order valence-corrected chi connectivity index (χ1v) is 12.0. The van der Waals surface area contributed by atoms with E-state index in [0.29, 0.717) is 12.1 Å². The average Bonchev–Trinajstić information content (AvgIpc) is 3.29. The van der Waals surface area contributed by atoms with E-state index in [-0.39, 0.29) is 18.2 Å². The molecule has 0 saturated heterocycles. The van der Waals surface area contributed by atoms with Crippen molar-refractivity contribution in [2.24, 2.45) is 7.05 Å². The number of para-hydroxylation sites is 1. The summed E-state index contributed by atoms with van der Waals surface area (Å²) in [5.41, 5.74) is 4.53. The third-order valence-electron chi connectivity index (χ3n) is 6.58. The number of benzene rings is 3. The van der Waals surface area contributed by atoms with E-state index in [1.54, 1.807) is 18.1 Å². The summed E-state index contributed by atoms with van der Waals surface area (Å²) >= 11 is 0. The van der Waals surface area contributed by atoms with Crippen molar-refractivity contribution in [2.45, 2.75) is 18.9 Å². The number of aromatic nitrogens is 2. The Morgan fingerprint density at radius 3 is 2.58 bits per heavy atom. The Balaban J connectivity index is 1.39. The fraction of sp³-hybridized carbons (Fsp3) is 0.167. The number of anilines is 1. The minimum atomic E-state index is -0.716. The van der Waals surface area contributed by atoms with Gasteiger partial charge in [0.1, 0.15) is 6.04 Å². The number of hydrogen-bond acceptors (Lipinski definition) is 3. The highest BCUT2D eigenvalue weighted by molar-refractivity contribution is 6.00. The Labute approximate surface area is 210 Å². The second-order valence-corrected chi connectivity index (χ2v) is 9.05. The smallest absolute Gasteiger partial charge is 0.249 e. The van der Waals surface area contributed by atoms with E-state index in [9.17, 15) is 9.59 Å². The fourth-order valence-corrected chi connectivity index (χ4v) is 4.59. The lowest BCUT2D eigenvalue weighted by Gasteiger charge is -2.25. The molecule has 0 unspecified atom stereocenters. The maximum absolute atomic E-state index is 13.7. The van der Waals surface area contributed by atoms with Gasteiger partial charge in [0.2, 0.25) is 11.8 Å². The third kappa shape index (κ3) is 4.84. The summed E-state index contributed by atoms with van der Waals surface area (Å²) in [6.07, 6.45) is 4.27. The van der Waals surface area contributed by atoms with Crippen LogP contribution in [0.3, 0.4) is 0 Å². The summed E-state index contributed by atoms with van der Waals surface area (Å²) in [7, 11) is 3.71. The van der Waals surface area contributed by atoms with Crippen molar-refractivity contribution in [1.29, 1.82) is 0 Å². The van der Waals surface area contributed by atoms with Gasteiger partial charge in [-0.15, -0.1) is 0 Å². The molecule has 0 aliphatic carbocycles. The Bertz CT molecular complexity index is 1540. The minimum absolute atomic E-state index is 0.189. The summed E-state index contributed by atoms with van der Waals surface area (Å²) in [5.74, 6) is -0.382. The third-order valence-corrected chi connectivity index (χ3v) is 6.58. The molecule has 1 atom stereocenters. The molecule has 6 heteroatoms. The van der Waals surface area contributed by atoms with Gasteiger partial charge in [-0.2, -0.15) is 0 Å². The van der Waals surface area contributed by atoms with Crippen LogP contribution >= 0.6 is 0 Å². The minimum Gasteiger partial charge on any atom is -0.351 e. The van der Waals surface area contributed by atoms with E-state index in [1.807, 2.05) is 103 Å². The molecule has 5 rings (SSSR count). The molecular formula is C30H28N4O2. The van der Waals surface area contributed by atoms with Gasteiger partial charge in [0.15, 0.2) is 0 Å².